The fraction of sp³-hybridized carbons (Fsp3) is 0.500. The van der Waals surface area contributed by atoms with Crippen LogP contribution in [0.5, 0.6) is 5.75 Å². The Labute approximate surface area is 137 Å². The van der Waals surface area contributed by atoms with Crippen LogP contribution in [0, 0.1) is 0 Å². The molecule has 4 N–H and O–H groups in total. The second kappa shape index (κ2) is 10.0. The molecule has 0 aliphatic rings. The van der Waals surface area contributed by atoms with Crippen molar-refractivity contribution in [3.63, 3.8) is 0 Å². The number of ether oxygens (including phenoxy) is 1. The summed E-state index contributed by atoms with van der Waals surface area (Å²) in [6, 6.07) is 6.85. The first kappa shape index (κ1) is 18.3. The molecule has 2 atom stereocenters. The molecule has 0 saturated carbocycles. The van der Waals surface area contributed by atoms with E-state index in [0.29, 0.717) is 12.2 Å². The van der Waals surface area contributed by atoms with Gasteiger partial charge in [-0.25, -0.2) is 0 Å². The smallest absolute Gasteiger partial charge is 0.237 e. The second-order valence-electron chi connectivity index (χ2n) is 4.53. The Morgan fingerprint density at radius 1 is 1.52 bits per heavy atom. The van der Waals surface area contributed by atoms with E-state index < -0.39 is 12.1 Å². The lowest BCUT2D eigenvalue weighted by Crippen LogP contribution is -2.44. The number of nitrogens with two attached hydrogens (primary N) is 1. The Morgan fingerprint density at radius 3 is 2.90 bits per heavy atom. The number of aliphatic hydroxyl groups excluding tert-OH is 1. The van der Waals surface area contributed by atoms with Crippen LogP contribution in [0.4, 0.5) is 0 Å². The highest BCUT2D eigenvalue weighted by molar-refractivity contribution is 9.10. The van der Waals surface area contributed by atoms with Crippen molar-refractivity contribution >= 4 is 33.6 Å². The SMILES string of the molecule is CSCC[C@H](N)C(=O)NCC(O)COc1ccccc1Br. The third-order valence-corrected chi connectivity index (χ3v) is 4.05. The van der Waals surface area contributed by atoms with E-state index in [2.05, 4.69) is 21.2 Å². The van der Waals surface area contributed by atoms with E-state index >= 15 is 0 Å². The molecule has 7 heteroatoms. The summed E-state index contributed by atoms with van der Waals surface area (Å²) < 4.78 is 6.29. The van der Waals surface area contributed by atoms with Gasteiger partial charge in [-0.2, -0.15) is 11.8 Å². The van der Waals surface area contributed by atoms with Crippen molar-refractivity contribution in [1.29, 1.82) is 0 Å². The first-order valence-electron chi connectivity index (χ1n) is 6.62. The Balaban J connectivity index is 2.26. The molecule has 0 fully saturated rings. The number of benzene rings is 1. The van der Waals surface area contributed by atoms with Gasteiger partial charge in [0, 0.05) is 6.54 Å². The van der Waals surface area contributed by atoms with Crippen molar-refractivity contribution < 1.29 is 14.6 Å². The molecule has 1 rings (SSSR count). The summed E-state index contributed by atoms with van der Waals surface area (Å²) in [5.74, 6) is 1.24. The van der Waals surface area contributed by atoms with Gasteiger partial charge in [0.05, 0.1) is 10.5 Å². The fourth-order valence-corrected chi connectivity index (χ4v) is 2.42. The van der Waals surface area contributed by atoms with Crippen molar-refractivity contribution in [3.05, 3.63) is 28.7 Å². The van der Waals surface area contributed by atoms with Crippen molar-refractivity contribution in [1.82, 2.24) is 5.32 Å². The van der Waals surface area contributed by atoms with Gasteiger partial charge in [0.2, 0.25) is 5.91 Å². The third-order valence-electron chi connectivity index (χ3n) is 2.75. The number of nitrogens with one attached hydrogen (secondary N) is 1. The topological polar surface area (TPSA) is 84.6 Å². The van der Waals surface area contributed by atoms with Crippen LogP contribution in [-0.4, -0.2) is 48.3 Å². The highest BCUT2D eigenvalue weighted by atomic mass is 79.9. The van der Waals surface area contributed by atoms with Gasteiger partial charge in [0.1, 0.15) is 18.5 Å². The molecule has 5 nitrogen and oxygen atoms in total. The van der Waals surface area contributed by atoms with Crippen LogP contribution in [0.25, 0.3) is 0 Å². The van der Waals surface area contributed by atoms with Crippen LogP contribution in [0.1, 0.15) is 6.42 Å². The predicted octanol–water partition coefficient (Wildman–Crippen LogP) is 1.39. The molecule has 1 unspecified atom stereocenters. The minimum Gasteiger partial charge on any atom is -0.490 e. The molecule has 0 radical (unpaired) electrons. The van der Waals surface area contributed by atoms with Crippen LogP contribution in [0.3, 0.4) is 0 Å². The number of halogens is 1. The molecule has 0 aliphatic heterocycles. The summed E-state index contributed by atoms with van der Waals surface area (Å²) in [5, 5.41) is 12.4. The van der Waals surface area contributed by atoms with Gasteiger partial charge in [0.25, 0.3) is 0 Å². The Hall–Kier alpha value is -0.760. The highest BCUT2D eigenvalue weighted by Crippen LogP contribution is 2.23. The predicted molar refractivity (Wildman–Crippen MR) is 89.6 cm³/mol. The maximum Gasteiger partial charge on any atom is 0.237 e. The highest BCUT2D eigenvalue weighted by Gasteiger charge is 2.14. The van der Waals surface area contributed by atoms with Gasteiger partial charge >= 0.3 is 0 Å². The molecule has 21 heavy (non-hydrogen) atoms. The summed E-state index contributed by atoms with van der Waals surface area (Å²) in [5.41, 5.74) is 5.73. The maximum absolute atomic E-state index is 11.7. The van der Waals surface area contributed by atoms with Crippen LogP contribution < -0.4 is 15.8 Å². The van der Waals surface area contributed by atoms with Gasteiger partial charge in [-0.1, -0.05) is 12.1 Å². The largest absolute Gasteiger partial charge is 0.490 e. The number of aliphatic hydroxyl groups is 1. The van der Waals surface area contributed by atoms with Crippen molar-refractivity contribution in [2.75, 3.05) is 25.2 Å². The standard InChI is InChI=1S/C14H21BrN2O3S/c1-21-7-6-12(16)14(19)17-8-10(18)9-20-13-5-3-2-4-11(13)15/h2-5,10,12,18H,6-9,16H2,1H3,(H,17,19)/t10?,12-/m0/s1. The molecule has 118 valence electrons. The summed E-state index contributed by atoms with van der Waals surface area (Å²) >= 11 is 5.00. The lowest BCUT2D eigenvalue weighted by atomic mass is 10.2. The molecule has 1 aromatic carbocycles. The molecule has 1 aromatic rings. The van der Waals surface area contributed by atoms with E-state index in [-0.39, 0.29) is 19.1 Å². The van der Waals surface area contributed by atoms with E-state index in [0.717, 1.165) is 10.2 Å². The van der Waals surface area contributed by atoms with E-state index in [9.17, 15) is 9.90 Å². The van der Waals surface area contributed by atoms with Crippen molar-refractivity contribution in [2.45, 2.75) is 18.6 Å². The van der Waals surface area contributed by atoms with Gasteiger partial charge in [-0.3, -0.25) is 4.79 Å². The average molecular weight is 377 g/mol. The molecule has 0 spiro atoms. The van der Waals surface area contributed by atoms with E-state index in [1.165, 1.54) is 0 Å². The average Bonchev–Trinajstić information content (AvgIpc) is 2.49. The number of thioether (sulfide) groups is 1. The number of amides is 1. The maximum atomic E-state index is 11.7. The quantitative estimate of drug-likeness (QED) is 0.606. The molecule has 0 saturated heterocycles. The van der Waals surface area contributed by atoms with Crippen LogP contribution >= 0.6 is 27.7 Å². The minimum absolute atomic E-state index is 0.100. The monoisotopic (exact) mass is 376 g/mol. The van der Waals surface area contributed by atoms with E-state index in [1.807, 2.05) is 24.5 Å². The zero-order valence-electron chi connectivity index (χ0n) is 11.9. The lowest BCUT2D eigenvalue weighted by Gasteiger charge is -2.16. The van der Waals surface area contributed by atoms with Crippen LogP contribution in [-0.2, 0) is 4.79 Å². The van der Waals surface area contributed by atoms with Gasteiger partial charge in [0.15, 0.2) is 0 Å². The molecular weight excluding hydrogens is 356 g/mol. The van der Waals surface area contributed by atoms with Gasteiger partial charge in [-0.15, -0.1) is 0 Å². The zero-order chi connectivity index (χ0) is 15.7. The lowest BCUT2D eigenvalue weighted by molar-refractivity contribution is -0.122. The van der Waals surface area contributed by atoms with Crippen LogP contribution in [0.15, 0.2) is 28.7 Å². The summed E-state index contributed by atoms with van der Waals surface area (Å²) in [6.45, 7) is 0.221. The van der Waals surface area contributed by atoms with Crippen LogP contribution in [0.2, 0.25) is 0 Å². The molecule has 0 heterocycles. The Bertz CT molecular complexity index is 448. The second-order valence-corrected chi connectivity index (χ2v) is 6.37. The summed E-state index contributed by atoms with van der Waals surface area (Å²) in [6.07, 6.45) is 1.80. The van der Waals surface area contributed by atoms with E-state index in [1.54, 1.807) is 17.8 Å². The number of rotatable bonds is 9. The Morgan fingerprint density at radius 2 is 2.24 bits per heavy atom. The summed E-state index contributed by atoms with van der Waals surface area (Å²) in [7, 11) is 0. The molecule has 0 aromatic heterocycles. The number of hydrogen-bond donors (Lipinski definition) is 3. The normalized spacial score (nSPS) is 13.5. The minimum atomic E-state index is -0.784. The first-order chi connectivity index (χ1) is 10.0. The van der Waals surface area contributed by atoms with Crippen molar-refractivity contribution in [2.24, 2.45) is 5.73 Å². The molecule has 1 amide bonds. The number of carbonyl (C=O) groups excluding carboxylic acids is 1. The number of carbonyl (C=O) groups is 1. The van der Waals surface area contributed by atoms with E-state index in [4.69, 9.17) is 10.5 Å². The number of para-hydroxylation sites is 1. The molecular formula is C14H21BrN2O3S. The molecule has 0 aliphatic carbocycles. The summed E-state index contributed by atoms with van der Waals surface area (Å²) in [4.78, 5) is 11.7. The van der Waals surface area contributed by atoms with Crippen molar-refractivity contribution in [3.8, 4) is 5.75 Å². The third kappa shape index (κ3) is 7.17. The van der Waals surface area contributed by atoms with Gasteiger partial charge < -0.3 is 20.9 Å². The van der Waals surface area contributed by atoms with Gasteiger partial charge in [-0.05, 0) is 46.5 Å². The fourth-order valence-electron chi connectivity index (χ4n) is 1.53. The number of hydrogen-bond acceptors (Lipinski definition) is 5. The molecule has 0 bridgehead atoms. The Kier molecular flexibility index (Phi) is 8.75. The zero-order valence-corrected chi connectivity index (χ0v) is 14.3. The first-order valence-corrected chi connectivity index (χ1v) is 8.81.